The Morgan fingerprint density at radius 3 is 3.00 bits per heavy atom. The third-order valence-electron chi connectivity index (χ3n) is 2.43. The minimum Gasteiger partial charge on any atom is -0.380 e. The summed E-state index contributed by atoms with van der Waals surface area (Å²) in [6.07, 6.45) is 5.79. The summed E-state index contributed by atoms with van der Waals surface area (Å²) in [7, 11) is 0. The van der Waals surface area contributed by atoms with E-state index < -0.39 is 6.10 Å². The van der Waals surface area contributed by atoms with Gasteiger partial charge in [-0.1, -0.05) is 11.6 Å². The van der Waals surface area contributed by atoms with Crippen molar-refractivity contribution < 1.29 is 5.11 Å². The molecule has 16 heavy (non-hydrogen) atoms. The van der Waals surface area contributed by atoms with Crippen LogP contribution in [0.25, 0.3) is 0 Å². The number of aromatic nitrogens is 3. The monoisotopic (exact) mass is 237 g/mol. The molecule has 0 radical (unpaired) electrons. The second-order valence-electron chi connectivity index (χ2n) is 3.37. The summed E-state index contributed by atoms with van der Waals surface area (Å²) in [4.78, 5) is 8.02. The highest BCUT2D eigenvalue weighted by molar-refractivity contribution is 6.31. The van der Waals surface area contributed by atoms with Crippen LogP contribution in [0.2, 0.25) is 5.02 Å². The lowest BCUT2D eigenvalue weighted by Crippen LogP contribution is -2.09. The topological polar surface area (TPSA) is 50.9 Å². The number of halogens is 1. The quantitative estimate of drug-likeness (QED) is 0.889. The van der Waals surface area contributed by atoms with Crippen molar-refractivity contribution in [3.8, 4) is 0 Å². The van der Waals surface area contributed by atoms with E-state index >= 15 is 0 Å². The van der Waals surface area contributed by atoms with Crippen molar-refractivity contribution in [2.45, 2.75) is 19.6 Å². The van der Waals surface area contributed by atoms with Crippen LogP contribution in [-0.2, 0) is 6.54 Å². The molecule has 2 aromatic rings. The van der Waals surface area contributed by atoms with Crippen molar-refractivity contribution >= 4 is 11.6 Å². The average molecular weight is 238 g/mol. The van der Waals surface area contributed by atoms with Crippen LogP contribution < -0.4 is 0 Å². The van der Waals surface area contributed by atoms with E-state index in [2.05, 4.69) is 9.97 Å². The lowest BCUT2D eigenvalue weighted by atomic mass is 10.1. The van der Waals surface area contributed by atoms with Crippen LogP contribution in [0.4, 0.5) is 0 Å². The summed E-state index contributed by atoms with van der Waals surface area (Å²) < 4.78 is 1.88. The van der Waals surface area contributed by atoms with Gasteiger partial charge in [-0.2, -0.15) is 0 Å². The summed E-state index contributed by atoms with van der Waals surface area (Å²) in [5, 5.41) is 10.6. The number of hydrogen-bond acceptors (Lipinski definition) is 3. The van der Waals surface area contributed by atoms with Crippen molar-refractivity contribution in [2.24, 2.45) is 0 Å². The molecule has 0 aromatic carbocycles. The van der Waals surface area contributed by atoms with Crippen molar-refractivity contribution in [3.05, 3.63) is 47.3 Å². The Morgan fingerprint density at radius 2 is 2.31 bits per heavy atom. The summed E-state index contributed by atoms with van der Waals surface area (Å²) in [5.41, 5.74) is 0.623. The second-order valence-corrected chi connectivity index (χ2v) is 3.78. The minimum atomic E-state index is -0.814. The molecule has 84 valence electrons. The van der Waals surface area contributed by atoms with Gasteiger partial charge in [0.2, 0.25) is 0 Å². The fourth-order valence-electron chi connectivity index (χ4n) is 1.58. The summed E-state index contributed by atoms with van der Waals surface area (Å²) in [6.45, 7) is 2.75. The maximum absolute atomic E-state index is 10.2. The normalized spacial score (nSPS) is 12.7. The van der Waals surface area contributed by atoms with Gasteiger partial charge in [0.15, 0.2) is 0 Å². The number of pyridine rings is 1. The van der Waals surface area contributed by atoms with Gasteiger partial charge in [-0.3, -0.25) is 4.98 Å². The van der Waals surface area contributed by atoms with E-state index in [-0.39, 0.29) is 0 Å². The first-order valence-electron chi connectivity index (χ1n) is 5.02. The van der Waals surface area contributed by atoms with Gasteiger partial charge in [0, 0.05) is 36.9 Å². The van der Waals surface area contributed by atoms with Crippen LogP contribution in [0.15, 0.2) is 30.9 Å². The number of imidazole rings is 1. The van der Waals surface area contributed by atoms with Gasteiger partial charge in [-0.05, 0) is 13.0 Å². The van der Waals surface area contributed by atoms with E-state index in [4.69, 9.17) is 11.6 Å². The predicted octanol–water partition coefficient (Wildman–Crippen LogP) is 2.03. The van der Waals surface area contributed by atoms with E-state index in [1.165, 1.54) is 6.20 Å². The molecule has 0 saturated carbocycles. The molecular formula is C11H12ClN3O. The zero-order valence-electron chi connectivity index (χ0n) is 8.84. The maximum Gasteiger partial charge on any atom is 0.142 e. The van der Waals surface area contributed by atoms with Gasteiger partial charge in [0.05, 0.1) is 5.02 Å². The Morgan fingerprint density at radius 1 is 1.50 bits per heavy atom. The molecule has 4 nitrogen and oxygen atoms in total. The molecule has 2 rings (SSSR count). The van der Waals surface area contributed by atoms with Crippen molar-refractivity contribution in [3.63, 3.8) is 0 Å². The molecule has 0 aliphatic heterocycles. The van der Waals surface area contributed by atoms with Crippen LogP contribution in [0.3, 0.4) is 0 Å². The fraction of sp³-hybridized carbons (Fsp3) is 0.273. The molecule has 0 amide bonds. The zero-order valence-corrected chi connectivity index (χ0v) is 9.59. The fourth-order valence-corrected chi connectivity index (χ4v) is 1.81. The van der Waals surface area contributed by atoms with Gasteiger partial charge in [-0.25, -0.2) is 4.98 Å². The number of rotatable bonds is 3. The Kier molecular flexibility index (Phi) is 3.22. The molecule has 0 aliphatic rings. The summed E-state index contributed by atoms with van der Waals surface area (Å²) in [5.74, 6) is 0.593. The third kappa shape index (κ3) is 1.94. The van der Waals surface area contributed by atoms with Gasteiger partial charge >= 0.3 is 0 Å². The van der Waals surface area contributed by atoms with E-state index in [0.29, 0.717) is 16.4 Å². The smallest absolute Gasteiger partial charge is 0.142 e. The summed E-state index contributed by atoms with van der Waals surface area (Å²) in [6, 6.07) is 1.70. The van der Waals surface area contributed by atoms with Crippen molar-refractivity contribution in [1.82, 2.24) is 14.5 Å². The molecule has 0 bridgehead atoms. The van der Waals surface area contributed by atoms with E-state index in [1.54, 1.807) is 18.5 Å². The lowest BCUT2D eigenvalue weighted by Gasteiger charge is -2.13. The number of aryl methyl sites for hydroxylation is 1. The molecular weight excluding hydrogens is 226 g/mol. The van der Waals surface area contributed by atoms with Crippen molar-refractivity contribution in [1.29, 1.82) is 0 Å². The van der Waals surface area contributed by atoms with E-state index in [9.17, 15) is 5.11 Å². The molecule has 1 N–H and O–H groups in total. The zero-order chi connectivity index (χ0) is 11.5. The van der Waals surface area contributed by atoms with Crippen LogP contribution in [0.5, 0.6) is 0 Å². The number of aliphatic hydroxyl groups is 1. The van der Waals surface area contributed by atoms with Gasteiger partial charge < -0.3 is 9.67 Å². The Balaban J connectivity index is 2.39. The van der Waals surface area contributed by atoms with Gasteiger partial charge in [0.25, 0.3) is 0 Å². The first-order valence-corrected chi connectivity index (χ1v) is 5.40. The molecule has 0 fully saturated rings. The van der Waals surface area contributed by atoms with E-state index in [1.807, 2.05) is 17.7 Å². The molecule has 5 heteroatoms. The number of hydrogen-bond donors (Lipinski definition) is 1. The SMILES string of the molecule is CCn1ccnc1C(O)c1ccncc1Cl. The first kappa shape index (κ1) is 11.1. The molecule has 1 unspecified atom stereocenters. The van der Waals surface area contributed by atoms with E-state index in [0.717, 1.165) is 6.54 Å². The minimum absolute atomic E-state index is 0.445. The Labute approximate surface area is 98.5 Å². The Bertz CT molecular complexity index is 484. The number of aliphatic hydroxyl groups excluding tert-OH is 1. The number of nitrogens with zero attached hydrogens (tertiary/aromatic N) is 3. The molecule has 0 aliphatic carbocycles. The van der Waals surface area contributed by atoms with Gasteiger partial charge in [-0.15, -0.1) is 0 Å². The summed E-state index contributed by atoms with van der Waals surface area (Å²) >= 11 is 5.97. The van der Waals surface area contributed by atoms with Crippen LogP contribution in [0, 0.1) is 0 Å². The van der Waals surface area contributed by atoms with Crippen LogP contribution in [0.1, 0.15) is 24.4 Å². The predicted molar refractivity (Wildman–Crippen MR) is 61.2 cm³/mol. The highest BCUT2D eigenvalue weighted by Crippen LogP contribution is 2.26. The molecule has 0 saturated heterocycles. The molecule has 0 spiro atoms. The second kappa shape index (κ2) is 4.63. The van der Waals surface area contributed by atoms with Crippen LogP contribution >= 0.6 is 11.6 Å². The van der Waals surface area contributed by atoms with Gasteiger partial charge in [0.1, 0.15) is 11.9 Å². The molecule has 1 atom stereocenters. The Hall–Kier alpha value is -1.39. The van der Waals surface area contributed by atoms with Crippen molar-refractivity contribution in [2.75, 3.05) is 0 Å². The largest absolute Gasteiger partial charge is 0.380 e. The van der Waals surface area contributed by atoms with Crippen LogP contribution in [-0.4, -0.2) is 19.6 Å². The highest BCUT2D eigenvalue weighted by Gasteiger charge is 2.18. The lowest BCUT2D eigenvalue weighted by molar-refractivity contribution is 0.205. The maximum atomic E-state index is 10.2. The highest BCUT2D eigenvalue weighted by atomic mass is 35.5. The average Bonchev–Trinajstić information content (AvgIpc) is 2.77. The standard InChI is InChI=1S/C11H12ClN3O/c1-2-15-6-5-14-11(15)10(16)8-3-4-13-7-9(8)12/h3-7,10,16H,2H2,1H3. The molecule has 2 aromatic heterocycles. The molecule has 2 heterocycles. The third-order valence-corrected chi connectivity index (χ3v) is 2.75. The first-order chi connectivity index (χ1) is 7.74.